The Balaban J connectivity index is 1.63. The van der Waals surface area contributed by atoms with Gasteiger partial charge in [0.15, 0.2) is 0 Å². The summed E-state index contributed by atoms with van der Waals surface area (Å²) in [5.41, 5.74) is 4.88. The minimum absolute atomic E-state index is 0.0261. The molecule has 31 heavy (non-hydrogen) atoms. The number of hydrogen-bond donors (Lipinski definition) is 1. The summed E-state index contributed by atoms with van der Waals surface area (Å²) in [5.74, 6) is 0.0261. The topological polar surface area (TPSA) is 84.3 Å². The second-order valence-corrected chi connectivity index (χ2v) is 9.38. The minimum Gasteiger partial charge on any atom is -0.341 e. The number of amides is 1. The first-order valence-electron chi connectivity index (χ1n) is 10.1. The summed E-state index contributed by atoms with van der Waals surface area (Å²) in [6.45, 7) is 4.46. The molecule has 2 aromatic carbocycles. The van der Waals surface area contributed by atoms with Gasteiger partial charge in [-0.05, 0) is 57.1 Å². The average Bonchev–Trinajstić information content (AvgIpc) is 3.06. The van der Waals surface area contributed by atoms with Crippen molar-refractivity contribution in [3.8, 4) is 5.69 Å². The molecule has 164 valence electrons. The van der Waals surface area contributed by atoms with Gasteiger partial charge in [0.2, 0.25) is 15.9 Å². The molecule has 3 rings (SSSR count). The fourth-order valence-electron chi connectivity index (χ4n) is 3.45. The van der Waals surface area contributed by atoms with E-state index in [0.29, 0.717) is 19.4 Å². The average molecular weight is 441 g/mol. The van der Waals surface area contributed by atoms with Crippen molar-refractivity contribution in [1.82, 2.24) is 19.4 Å². The van der Waals surface area contributed by atoms with Gasteiger partial charge in [-0.1, -0.05) is 30.3 Å². The number of sulfonamides is 1. The minimum atomic E-state index is -3.45. The summed E-state index contributed by atoms with van der Waals surface area (Å²) < 4.78 is 27.8. The molecule has 0 atom stereocenters. The Hall–Kier alpha value is -2.97. The Kier molecular flexibility index (Phi) is 6.92. The molecule has 1 aromatic heterocycles. The molecule has 0 saturated heterocycles. The maximum atomic E-state index is 12.7. The van der Waals surface area contributed by atoms with Gasteiger partial charge in [-0.15, -0.1) is 0 Å². The lowest BCUT2D eigenvalue weighted by molar-refractivity contribution is -0.130. The molecule has 0 aliphatic rings. The number of benzene rings is 2. The lowest BCUT2D eigenvalue weighted by Crippen LogP contribution is -2.27. The van der Waals surface area contributed by atoms with Crippen LogP contribution in [0.2, 0.25) is 0 Å². The SMILES string of the molecule is CNS(=O)(=O)c1ccc(CCC(=O)N(C)Cc2c(C)nn(-c3ccccc3)c2C)cc1. The molecule has 8 heteroatoms. The fourth-order valence-corrected chi connectivity index (χ4v) is 4.18. The lowest BCUT2D eigenvalue weighted by atomic mass is 10.1. The molecule has 0 spiro atoms. The first-order valence-corrected chi connectivity index (χ1v) is 11.6. The molecule has 0 bridgehead atoms. The number of aromatic nitrogens is 2. The second kappa shape index (κ2) is 9.45. The Morgan fingerprint density at radius 2 is 1.71 bits per heavy atom. The summed E-state index contributed by atoms with van der Waals surface area (Å²) in [4.78, 5) is 14.6. The van der Waals surface area contributed by atoms with Crippen LogP contribution in [0.4, 0.5) is 0 Å². The van der Waals surface area contributed by atoms with Crippen LogP contribution in [0.1, 0.15) is 28.9 Å². The number of hydrogen-bond acceptors (Lipinski definition) is 4. The lowest BCUT2D eigenvalue weighted by Gasteiger charge is -2.18. The number of carbonyl (C=O) groups excluding carboxylic acids is 1. The maximum Gasteiger partial charge on any atom is 0.240 e. The zero-order valence-corrected chi connectivity index (χ0v) is 19.1. The smallest absolute Gasteiger partial charge is 0.240 e. The number of para-hydroxylation sites is 1. The molecule has 1 N–H and O–H groups in total. The van der Waals surface area contributed by atoms with Crippen molar-refractivity contribution in [2.75, 3.05) is 14.1 Å². The van der Waals surface area contributed by atoms with E-state index in [0.717, 1.165) is 28.2 Å². The monoisotopic (exact) mass is 440 g/mol. The summed E-state index contributed by atoms with van der Waals surface area (Å²) >= 11 is 0. The van der Waals surface area contributed by atoms with Crippen LogP contribution in [0.3, 0.4) is 0 Å². The van der Waals surface area contributed by atoms with E-state index in [1.807, 2.05) is 48.9 Å². The van der Waals surface area contributed by atoms with Crippen molar-refractivity contribution in [3.63, 3.8) is 0 Å². The van der Waals surface area contributed by atoms with Crippen molar-refractivity contribution in [1.29, 1.82) is 0 Å². The van der Waals surface area contributed by atoms with Gasteiger partial charge < -0.3 is 4.90 Å². The third-order valence-electron chi connectivity index (χ3n) is 5.39. The normalized spacial score (nSPS) is 11.5. The van der Waals surface area contributed by atoms with E-state index in [9.17, 15) is 13.2 Å². The molecule has 0 radical (unpaired) electrons. The van der Waals surface area contributed by atoms with Crippen molar-refractivity contribution >= 4 is 15.9 Å². The molecule has 7 nitrogen and oxygen atoms in total. The maximum absolute atomic E-state index is 12.7. The standard InChI is InChI=1S/C23H28N4O3S/c1-17-22(18(2)27(25-17)20-8-6-5-7-9-20)16-26(4)23(28)15-12-19-10-13-21(14-11-19)31(29,30)24-3/h5-11,13-14,24H,12,15-16H2,1-4H3. The first-order chi connectivity index (χ1) is 14.7. The molecule has 0 aliphatic carbocycles. The Labute approximate surface area is 183 Å². The van der Waals surface area contributed by atoms with Crippen LogP contribution in [0, 0.1) is 13.8 Å². The number of carbonyl (C=O) groups is 1. The van der Waals surface area contributed by atoms with Crippen LogP contribution in [0.5, 0.6) is 0 Å². The second-order valence-electron chi connectivity index (χ2n) is 7.50. The van der Waals surface area contributed by atoms with Gasteiger partial charge in [-0.25, -0.2) is 17.8 Å². The van der Waals surface area contributed by atoms with Crippen molar-refractivity contribution in [3.05, 3.63) is 77.1 Å². The Morgan fingerprint density at radius 1 is 1.06 bits per heavy atom. The van der Waals surface area contributed by atoms with E-state index in [1.165, 1.54) is 7.05 Å². The fraction of sp³-hybridized carbons (Fsp3) is 0.304. The van der Waals surface area contributed by atoms with Gasteiger partial charge >= 0.3 is 0 Å². The van der Waals surface area contributed by atoms with Gasteiger partial charge in [0.25, 0.3) is 0 Å². The van der Waals surface area contributed by atoms with Crippen LogP contribution in [0.15, 0.2) is 59.5 Å². The third-order valence-corrected chi connectivity index (χ3v) is 6.82. The van der Waals surface area contributed by atoms with Gasteiger partial charge in [0.05, 0.1) is 16.3 Å². The first kappa shape index (κ1) is 22.7. The van der Waals surface area contributed by atoms with Gasteiger partial charge in [0.1, 0.15) is 0 Å². The Bertz CT molecular complexity index is 1150. The molecule has 0 fully saturated rings. The van der Waals surface area contributed by atoms with E-state index < -0.39 is 10.0 Å². The number of aryl methyl sites for hydroxylation is 2. The quantitative estimate of drug-likeness (QED) is 0.584. The van der Waals surface area contributed by atoms with E-state index in [4.69, 9.17) is 0 Å². The summed E-state index contributed by atoms with van der Waals surface area (Å²) in [7, 11) is -0.279. The number of rotatable bonds is 8. The summed E-state index contributed by atoms with van der Waals surface area (Å²) in [5, 5.41) is 4.65. The molecule has 0 aliphatic heterocycles. The predicted octanol–water partition coefficient (Wildman–Crippen LogP) is 2.99. The third kappa shape index (κ3) is 5.21. The van der Waals surface area contributed by atoms with Crippen molar-refractivity contribution in [2.24, 2.45) is 0 Å². The summed E-state index contributed by atoms with van der Waals surface area (Å²) in [6.07, 6.45) is 0.893. The molecule has 0 unspecified atom stereocenters. The predicted molar refractivity (Wildman–Crippen MR) is 121 cm³/mol. The highest BCUT2D eigenvalue weighted by molar-refractivity contribution is 7.89. The molecule has 1 amide bonds. The van der Waals surface area contributed by atoms with E-state index in [1.54, 1.807) is 36.2 Å². The van der Waals surface area contributed by atoms with Gasteiger partial charge in [-0.3, -0.25) is 4.79 Å². The van der Waals surface area contributed by atoms with E-state index >= 15 is 0 Å². The largest absolute Gasteiger partial charge is 0.341 e. The van der Waals surface area contributed by atoms with Gasteiger partial charge in [-0.2, -0.15) is 5.10 Å². The molecular formula is C23H28N4O3S. The zero-order valence-electron chi connectivity index (χ0n) is 18.3. The highest BCUT2D eigenvalue weighted by atomic mass is 32.2. The van der Waals surface area contributed by atoms with E-state index in [-0.39, 0.29) is 10.8 Å². The molecular weight excluding hydrogens is 412 g/mol. The van der Waals surface area contributed by atoms with Gasteiger partial charge in [0, 0.05) is 31.3 Å². The molecule has 0 saturated carbocycles. The van der Waals surface area contributed by atoms with Crippen molar-refractivity contribution < 1.29 is 13.2 Å². The Morgan fingerprint density at radius 3 is 2.32 bits per heavy atom. The highest BCUT2D eigenvalue weighted by Crippen LogP contribution is 2.20. The van der Waals surface area contributed by atoms with Crippen LogP contribution < -0.4 is 4.72 Å². The van der Waals surface area contributed by atoms with Crippen LogP contribution >= 0.6 is 0 Å². The number of nitrogens with zero attached hydrogens (tertiary/aromatic N) is 3. The zero-order chi connectivity index (χ0) is 22.6. The van der Waals surface area contributed by atoms with Crippen molar-refractivity contribution in [2.45, 2.75) is 38.1 Å². The number of nitrogens with one attached hydrogen (secondary N) is 1. The molecule has 1 heterocycles. The van der Waals surface area contributed by atoms with Crippen LogP contribution in [-0.2, 0) is 27.8 Å². The van der Waals surface area contributed by atoms with E-state index in [2.05, 4.69) is 9.82 Å². The summed E-state index contributed by atoms with van der Waals surface area (Å²) in [6, 6.07) is 16.5. The van der Waals surface area contributed by atoms with Crippen LogP contribution in [-0.4, -0.2) is 43.1 Å². The van der Waals surface area contributed by atoms with Crippen LogP contribution in [0.25, 0.3) is 5.69 Å². The highest BCUT2D eigenvalue weighted by Gasteiger charge is 2.17. The molecule has 3 aromatic rings.